The van der Waals surface area contributed by atoms with Gasteiger partial charge in [-0.1, -0.05) is 98.8 Å². The van der Waals surface area contributed by atoms with Gasteiger partial charge in [-0.15, -0.1) is 0 Å². The molecule has 0 heterocycles. The predicted molar refractivity (Wildman–Crippen MR) is 96.3 cm³/mol. The van der Waals surface area contributed by atoms with Crippen LogP contribution < -0.4 is 0 Å². The average Bonchev–Trinajstić information content (AvgIpc) is 2.07. The van der Waals surface area contributed by atoms with Crippen molar-refractivity contribution in [2.24, 2.45) is 34.0 Å². The second-order valence-electron chi connectivity index (χ2n) is 10.1. The fourth-order valence-corrected chi connectivity index (χ4v) is 4.55. The van der Waals surface area contributed by atoms with Gasteiger partial charge in [-0.3, -0.25) is 0 Å². The third-order valence-corrected chi connectivity index (χ3v) is 4.82. The maximum Gasteiger partial charge on any atom is 0.00625 e. The van der Waals surface area contributed by atoms with Gasteiger partial charge in [0.1, 0.15) is 0 Å². The van der Waals surface area contributed by atoms with Crippen LogP contribution in [0.25, 0.3) is 0 Å². The Balaban J connectivity index is 3.50. The van der Waals surface area contributed by atoms with Crippen LogP contribution >= 0.6 is 0 Å². The first kappa shape index (κ1) is 18.3. The van der Waals surface area contributed by atoms with Crippen LogP contribution in [0.5, 0.6) is 0 Å². The first-order valence-corrected chi connectivity index (χ1v) is 8.16. The van der Waals surface area contributed by atoms with Crippen LogP contribution in [0, 0.1) is 34.0 Å². The lowest BCUT2D eigenvalue weighted by molar-refractivity contribution is 0.168. The molecule has 0 aromatic carbocycles. The van der Waals surface area contributed by atoms with Crippen molar-refractivity contribution < 1.29 is 0 Å². The lowest BCUT2D eigenvalue weighted by Crippen LogP contribution is -2.44. The predicted octanol–water partition coefficient (Wildman–Crippen LogP) is 6.66. The monoisotopic (exact) mass is 288 g/mol. The summed E-state index contributed by atoms with van der Waals surface area (Å²) in [6.07, 6.45) is 0. The minimum atomic E-state index is 0.155. The molecule has 0 saturated heterocycles. The van der Waals surface area contributed by atoms with Crippen molar-refractivity contribution in [1.82, 2.24) is 0 Å². The van der Waals surface area contributed by atoms with E-state index in [4.69, 9.17) is 0 Å². The minimum absolute atomic E-state index is 0.155. The first-order valence-electron chi connectivity index (χ1n) is 8.16. The number of hydrogen-bond donors (Lipinski definition) is 0. The van der Waals surface area contributed by atoms with Gasteiger partial charge in [0.15, 0.2) is 0 Å². The summed E-state index contributed by atoms with van der Waals surface area (Å²) in [6, 6.07) is 0. The van der Waals surface area contributed by atoms with Gasteiger partial charge in [-0.25, -0.2) is 0 Å². The molecule has 1 fully saturated rings. The quantitative estimate of drug-likeness (QED) is 0.437. The van der Waals surface area contributed by atoms with Gasteiger partial charge in [0.25, 0.3) is 0 Å². The molecule has 0 nitrogen and oxygen atoms in total. The molecule has 1 aliphatic rings. The maximum atomic E-state index is 4.51. The Bertz CT molecular complexity index is 364. The van der Waals surface area contributed by atoms with Crippen molar-refractivity contribution in [3.63, 3.8) is 0 Å². The summed E-state index contributed by atoms with van der Waals surface area (Å²) >= 11 is 0. The lowest BCUT2D eigenvalue weighted by Gasteiger charge is -2.53. The van der Waals surface area contributed by atoms with Gasteiger partial charge in [-0.2, -0.15) is 0 Å². The molecular formula is C21H36. The minimum Gasteiger partial charge on any atom is -0.0986 e. The molecule has 0 amide bonds. The summed E-state index contributed by atoms with van der Waals surface area (Å²) in [6.45, 7) is 34.3. The first-order chi connectivity index (χ1) is 9.10. The van der Waals surface area contributed by atoms with E-state index >= 15 is 0 Å². The normalized spacial score (nSPS) is 29.0. The van der Waals surface area contributed by atoms with E-state index < -0.39 is 0 Å². The molecule has 21 heavy (non-hydrogen) atoms. The van der Waals surface area contributed by atoms with E-state index in [2.05, 4.69) is 82.1 Å². The van der Waals surface area contributed by atoms with E-state index in [1.165, 1.54) is 16.7 Å². The molecule has 0 spiro atoms. The molecule has 0 aliphatic heterocycles. The summed E-state index contributed by atoms with van der Waals surface area (Å²) in [5.74, 6) is 1.07. The molecule has 0 heteroatoms. The molecule has 1 aliphatic carbocycles. The average molecular weight is 289 g/mol. The van der Waals surface area contributed by atoms with Gasteiger partial charge >= 0.3 is 0 Å². The number of rotatable bonds is 0. The van der Waals surface area contributed by atoms with Crippen molar-refractivity contribution in [3.05, 3.63) is 36.5 Å². The summed E-state index contributed by atoms with van der Waals surface area (Å²) < 4.78 is 0. The SMILES string of the molecule is C=C1C(C(C)(C)C)C(=C)C(C(C)(C)C)C(=C)C1C(C)(C)C. The van der Waals surface area contributed by atoms with Gasteiger partial charge in [0.2, 0.25) is 0 Å². The molecule has 1 rings (SSSR count). The molecule has 120 valence electrons. The second kappa shape index (κ2) is 5.14. The van der Waals surface area contributed by atoms with E-state index in [0.717, 1.165) is 0 Å². The Morgan fingerprint density at radius 1 is 0.476 bits per heavy atom. The summed E-state index contributed by atoms with van der Waals surface area (Å²) in [4.78, 5) is 0. The molecule has 0 N–H and O–H groups in total. The van der Waals surface area contributed by atoms with Crippen molar-refractivity contribution in [3.8, 4) is 0 Å². The Kier molecular flexibility index (Phi) is 4.47. The van der Waals surface area contributed by atoms with Crippen molar-refractivity contribution in [2.45, 2.75) is 62.3 Å². The van der Waals surface area contributed by atoms with Crippen LogP contribution in [0.2, 0.25) is 0 Å². The third-order valence-electron chi connectivity index (χ3n) is 4.82. The van der Waals surface area contributed by atoms with Gasteiger partial charge in [0.05, 0.1) is 0 Å². The number of hydrogen-bond acceptors (Lipinski definition) is 0. The summed E-state index contributed by atoms with van der Waals surface area (Å²) in [7, 11) is 0. The van der Waals surface area contributed by atoms with Crippen LogP contribution in [0.15, 0.2) is 36.5 Å². The Morgan fingerprint density at radius 3 is 0.714 bits per heavy atom. The fourth-order valence-electron chi connectivity index (χ4n) is 4.55. The van der Waals surface area contributed by atoms with E-state index in [9.17, 15) is 0 Å². The smallest absolute Gasteiger partial charge is 0.00625 e. The maximum absolute atomic E-state index is 4.51. The Morgan fingerprint density at radius 2 is 0.619 bits per heavy atom. The highest BCUT2D eigenvalue weighted by Crippen LogP contribution is 2.58. The van der Waals surface area contributed by atoms with Crippen LogP contribution in [0.4, 0.5) is 0 Å². The Hall–Kier alpha value is -0.780. The van der Waals surface area contributed by atoms with Crippen LogP contribution in [-0.2, 0) is 0 Å². The molecule has 0 aromatic heterocycles. The van der Waals surface area contributed by atoms with Gasteiger partial charge < -0.3 is 0 Å². The van der Waals surface area contributed by atoms with E-state index in [0.29, 0.717) is 17.8 Å². The molecule has 0 aromatic rings. The lowest BCUT2D eigenvalue weighted by atomic mass is 9.51. The standard InChI is InChI=1S/C21H36/c1-13-16(19(4,5)6)14(2)18(21(10,11)12)15(3)17(13)20(7,8)9/h16-18H,1-3H2,4-12H3. The summed E-state index contributed by atoms with van der Waals surface area (Å²) in [5, 5.41) is 0. The van der Waals surface area contributed by atoms with Gasteiger partial charge in [-0.05, 0) is 16.2 Å². The van der Waals surface area contributed by atoms with E-state index in [-0.39, 0.29) is 16.2 Å². The molecule has 0 unspecified atom stereocenters. The zero-order valence-electron chi connectivity index (χ0n) is 15.9. The zero-order chi connectivity index (χ0) is 17.0. The zero-order valence-corrected chi connectivity index (χ0v) is 15.9. The molecule has 0 radical (unpaired) electrons. The van der Waals surface area contributed by atoms with Crippen molar-refractivity contribution in [2.75, 3.05) is 0 Å². The fraction of sp³-hybridized carbons (Fsp3) is 0.714. The van der Waals surface area contributed by atoms with Crippen LogP contribution in [0.3, 0.4) is 0 Å². The topological polar surface area (TPSA) is 0 Å². The van der Waals surface area contributed by atoms with Crippen molar-refractivity contribution in [1.29, 1.82) is 0 Å². The van der Waals surface area contributed by atoms with Gasteiger partial charge in [0, 0.05) is 17.8 Å². The van der Waals surface area contributed by atoms with Crippen molar-refractivity contribution >= 4 is 0 Å². The third kappa shape index (κ3) is 3.35. The highest BCUT2D eigenvalue weighted by atomic mass is 14.5. The van der Waals surface area contributed by atoms with Crippen LogP contribution in [-0.4, -0.2) is 0 Å². The largest absolute Gasteiger partial charge is 0.0986 e. The number of allylic oxidation sites excluding steroid dienone is 3. The van der Waals surface area contributed by atoms with E-state index in [1.807, 2.05) is 0 Å². The molecule has 1 saturated carbocycles. The molecule has 0 atom stereocenters. The molecule has 0 bridgehead atoms. The second-order valence-corrected chi connectivity index (χ2v) is 10.1. The highest BCUT2D eigenvalue weighted by Gasteiger charge is 2.49. The highest BCUT2D eigenvalue weighted by molar-refractivity contribution is 5.42. The van der Waals surface area contributed by atoms with E-state index in [1.54, 1.807) is 0 Å². The summed E-state index contributed by atoms with van der Waals surface area (Å²) in [5.41, 5.74) is 4.40. The Labute approximate surface area is 133 Å². The van der Waals surface area contributed by atoms with Crippen LogP contribution in [0.1, 0.15) is 62.3 Å². The molecular weight excluding hydrogens is 252 g/mol.